The zero-order valence-electron chi connectivity index (χ0n) is 18.1. The molecule has 0 amide bonds. The van der Waals surface area contributed by atoms with Crippen molar-refractivity contribution in [3.8, 4) is 11.1 Å². The molecular formula is C27H26F3NO. The molecule has 4 aromatic rings. The van der Waals surface area contributed by atoms with Crippen molar-refractivity contribution in [3.05, 3.63) is 96.2 Å². The van der Waals surface area contributed by atoms with Crippen LogP contribution in [0.3, 0.4) is 0 Å². The summed E-state index contributed by atoms with van der Waals surface area (Å²) in [5, 5.41) is 11.8. The van der Waals surface area contributed by atoms with E-state index in [2.05, 4.69) is 4.98 Å². The third-order valence-corrected chi connectivity index (χ3v) is 6.08. The van der Waals surface area contributed by atoms with Crippen LogP contribution in [0.4, 0.5) is 13.2 Å². The number of H-pyrrole nitrogens is 1. The summed E-state index contributed by atoms with van der Waals surface area (Å²) >= 11 is 0. The molecule has 32 heavy (non-hydrogen) atoms. The Hall–Kier alpha value is -3.05. The molecular weight excluding hydrogens is 411 g/mol. The first-order valence-electron chi connectivity index (χ1n) is 10.6. The summed E-state index contributed by atoms with van der Waals surface area (Å²) in [6.45, 7) is 3.50. The van der Waals surface area contributed by atoms with Crippen LogP contribution in [0.25, 0.3) is 22.0 Å². The number of nitrogens with one attached hydrogen (secondary N) is 1. The van der Waals surface area contributed by atoms with Gasteiger partial charge in [-0.2, -0.15) is 13.2 Å². The van der Waals surface area contributed by atoms with Crippen molar-refractivity contribution < 1.29 is 18.3 Å². The summed E-state index contributed by atoms with van der Waals surface area (Å²) in [4.78, 5) is 3.02. The maximum atomic E-state index is 14.2. The van der Waals surface area contributed by atoms with E-state index in [-0.39, 0.29) is 0 Å². The van der Waals surface area contributed by atoms with Gasteiger partial charge in [0, 0.05) is 17.6 Å². The molecule has 0 aliphatic carbocycles. The number of benzene rings is 3. The predicted octanol–water partition coefficient (Wildman–Crippen LogP) is 7.04. The SMILES string of the molecule is CC(C)(CC(O)(Cc1cc2ccccc2[nH]1)C(F)(F)F)c1cccc(-c2ccccc2)c1. The number of rotatable bonds is 6. The minimum absolute atomic E-state index is 0.361. The summed E-state index contributed by atoms with van der Waals surface area (Å²) in [5.41, 5.74) is -0.00202. The number of para-hydroxylation sites is 1. The lowest BCUT2D eigenvalue weighted by atomic mass is 9.73. The maximum absolute atomic E-state index is 14.2. The van der Waals surface area contributed by atoms with Gasteiger partial charge in [-0.05, 0) is 46.0 Å². The highest BCUT2D eigenvalue weighted by atomic mass is 19.4. The van der Waals surface area contributed by atoms with Gasteiger partial charge in [-0.3, -0.25) is 0 Å². The molecule has 1 unspecified atom stereocenters. The lowest BCUT2D eigenvalue weighted by Crippen LogP contribution is -2.50. The van der Waals surface area contributed by atoms with Crippen LogP contribution in [0.5, 0.6) is 0 Å². The Balaban J connectivity index is 1.66. The first-order chi connectivity index (χ1) is 15.1. The van der Waals surface area contributed by atoms with Gasteiger partial charge in [0.2, 0.25) is 0 Å². The lowest BCUT2D eigenvalue weighted by molar-refractivity contribution is -0.266. The second-order valence-electron chi connectivity index (χ2n) is 9.10. The Bertz CT molecular complexity index is 1180. The van der Waals surface area contributed by atoms with Gasteiger partial charge in [0.1, 0.15) is 0 Å². The smallest absolute Gasteiger partial charge is 0.380 e. The van der Waals surface area contributed by atoms with Crippen LogP contribution in [0.1, 0.15) is 31.5 Å². The van der Waals surface area contributed by atoms with E-state index in [0.717, 1.165) is 27.6 Å². The molecule has 0 radical (unpaired) electrons. The van der Waals surface area contributed by atoms with Crippen LogP contribution in [-0.2, 0) is 11.8 Å². The molecule has 2 nitrogen and oxygen atoms in total. The fourth-order valence-electron chi connectivity index (χ4n) is 4.39. The van der Waals surface area contributed by atoms with Gasteiger partial charge in [-0.25, -0.2) is 0 Å². The van der Waals surface area contributed by atoms with Crippen molar-refractivity contribution in [1.29, 1.82) is 0 Å². The summed E-state index contributed by atoms with van der Waals surface area (Å²) < 4.78 is 42.5. The molecule has 0 spiro atoms. The Morgan fingerprint density at radius 1 is 0.781 bits per heavy atom. The van der Waals surface area contributed by atoms with Crippen LogP contribution < -0.4 is 0 Å². The van der Waals surface area contributed by atoms with Crippen molar-refractivity contribution in [2.24, 2.45) is 0 Å². The first-order valence-corrected chi connectivity index (χ1v) is 10.6. The Kier molecular flexibility index (Phi) is 5.63. The number of fused-ring (bicyclic) bond motifs is 1. The highest BCUT2D eigenvalue weighted by molar-refractivity contribution is 5.80. The average molecular weight is 438 g/mol. The van der Waals surface area contributed by atoms with E-state index in [1.165, 1.54) is 0 Å². The molecule has 3 aromatic carbocycles. The third-order valence-electron chi connectivity index (χ3n) is 6.08. The van der Waals surface area contributed by atoms with Gasteiger partial charge >= 0.3 is 6.18 Å². The molecule has 0 aliphatic heterocycles. The van der Waals surface area contributed by atoms with Crippen LogP contribution in [0.15, 0.2) is 84.9 Å². The Morgan fingerprint density at radius 3 is 2.12 bits per heavy atom. The van der Waals surface area contributed by atoms with Gasteiger partial charge in [0.25, 0.3) is 0 Å². The number of hydrogen-bond acceptors (Lipinski definition) is 1. The van der Waals surface area contributed by atoms with E-state index < -0.39 is 30.0 Å². The summed E-state index contributed by atoms with van der Waals surface area (Å²) in [7, 11) is 0. The largest absolute Gasteiger partial charge is 0.417 e. The van der Waals surface area contributed by atoms with Crippen molar-refractivity contribution in [2.45, 2.75) is 43.9 Å². The second-order valence-corrected chi connectivity index (χ2v) is 9.10. The molecule has 0 aliphatic rings. The van der Waals surface area contributed by atoms with Gasteiger partial charge in [-0.15, -0.1) is 0 Å². The highest BCUT2D eigenvalue weighted by Crippen LogP contribution is 2.43. The Labute approximate surface area is 185 Å². The first kappa shape index (κ1) is 22.2. The van der Waals surface area contributed by atoms with Gasteiger partial charge in [0.15, 0.2) is 5.60 Å². The van der Waals surface area contributed by atoms with Crippen molar-refractivity contribution in [2.75, 3.05) is 0 Å². The van der Waals surface area contributed by atoms with Gasteiger partial charge in [-0.1, -0.05) is 86.6 Å². The van der Waals surface area contributed by atoms with Crippen LogP contribution in [0, 0.1) is 0 Å². The van der Waals surface area contributed by atoms with Crippen LogP contribution >= 0.6 is 0 Å². The van der Waals surface area contributed by atoms with Crippen LogP contribution in [-0.4, -0.2) is 21.9 Å². The number of hydrogen-bond donors (Lipinski definition) is 2. The van der Waals surface area contributed by atoms with E-state index >= 15 is 0 Å². The van der Waals surface area contributed by atoms with Crippen molar-refractivity contribution >= 4 is 10.9 Å². The molecule has 166 valence electrons. The molecule has 0 fully saturated rings. The lowest BCUT2D eigenvalue weighted by Gasteiger charge is -2.38. The molecule has 0 saturated carbocycles. The predicted molar refractivity (Wildman–Crippen MR) is 123 cm³/mol. The summed E-state index contributed by atoms with van der Waals surface area (Å²) in [6.07, 6.45) is -5.78. The van der Waals surface area contributed by atoms with Gasteiger partial charge in [0.05, 0.1) is 0 Å². The van der Waals surface area contributed by atoms with E-state index in [1.54, 1.807) is 19.9 Å². The summed E-state index contributed by atoms with van der Waals surface area (Å²) in [6, 6.07) is 26.2. The zero-order chi connectivity index (χ0) is 23.0. The Morgan fingerprint density at radius 2 is 1.44 bits per heavy atom. The number of halogens is 3. The molecule has 0 saturated heterocycles. The van der Waals surface area contributed by atoms with E-state index in [0.29, 0.717) is 5.69 Å². The third kappa shape index (κ3) is 4.44. The quantitative estimate of drug-likeness (QED) is 0.333. The van der Waals surface area contributed by atoms with Crippen molar-refractivity contribution in [3.63, 3.8) is 0 Å². The molecule has 5 heteroatoms. The maximum Gasteiger partial charge on any atom is 0.417 e. The second kappa shape index (κ2) is 8.14. The minimum Gasteiger partial charge on any atom is -0.380 e. The number of aliphatic hydroxyl groups is 1. The molecule has 4 rings (SSSR count). The molecule has 1 aromatic heterocycles. The average Bonchev–Trinajstić information content (AvgIpc) is 3.15. The van der Waals surface area contributed by atoms with Crippen LogP contribution in [0.2, 0.25) is 0 Å². The normalized spacial score (nSPS) is 14.4. The number of aromatic nitrogens is 1. The van der Waals surface area contributed by atoms with E-state index in [4.69, 9.17) is 0 Å². The fourth-order valence-corrected chi connectivity index (χ4v) is 4.39. The molecule has 1 heterocycles. The molecule has 2 N–H and O–H groups in total. The topological polar surface area (TPSA) is 36.0 Å². The van der Waals surface area contributed by atoms with Gasteiger partial charge < -0.3 is 10.1 Å². The van der Waals surface area contributed by atoms with Crippen molar-refractivity contribution in [1.82, 2.24) is 4.98 Å². The number of aromatic amines is 1. The number of alkyl halides is 3. The molecule has 0 bridgehead atoms. The van der Waals surface area contributed by atoms with E-state index in [1.807, 2.05) is 78.9 Å². The standard InChI is InChI=1S/C27H26F3NO/c1-25(2,22-13-8-12-20(15-22)19-9-4-3-5-10-19)18-26(32,27(28,29)30)17-23-16-21-11-6-7-14-24(21)31-23/h3-16,31-32H,17-18H2,1-2H3. The molecule has 1 atom stereocenters. The monoisotopic (exact) mass is 437 g/mol. The fraction of sp³-hybridized carbons (Fsp3) is 0.259. The highest BCUT2D eigenvalue weighted by Gasteiger charge is 2.56. The zero-order valence-corrected chi connectivity index (χ0v) is 18.1. The van der Waals surface area contributed by atoms with E-state index in [9.17, 15) is 18.3 Å². The minimum atomic E-state index is -4.78. The summed E-state index contributed by atoms with van der Waals surface area (Å²) in [5.74, 6) is 0.